The highest BCUT2D eigenvalue weighted by Crippen LogP contribution is 2.16. The first-order valence-corrected chi connectivity index (χ1v) is 7.16. The maximum absolute atomic E-state index is 11.9. The van der Waals surface area contributed by atoms with Crippen molar-refractivity contribution in [2.75, 3.05) is 31.1 Å². The van der Waals surface area contributed by atoms with Crippen LogP contribution in [-0.4, -0.2) is 42.0 Å². The largest absolute Gasteiger partial charge is 0.353 e. The highest BCUT2D eigenvalue weighted by Gasteiger charge is 2.20. The van der Waals surface area contributed by atoms with Crippen LogP contribution in [0.3, 0.4) is 0 Å². The molecule has 0 bridgehead atoms. The number of hydrogen-bond acceptors (Lipinski definition) is 3. The molecular weight excluding hydrogens is 306 g/mol. The summed E-state index contributed by atoms with van der Waals surface area (Å²) in [6.45, 7) is 7.05. The minimum atomic E-state index is 0.114. The van der Waals surface area contributed by atoms with Crippen molar-refractivity contribution < 1.29 is 4.79 Å². The number of halogens is 1. The second-order valence-electron chi connectivity index (χ2n) is 4.87. The van der Waals surface area contributed by atoms with Crippen LogP contribution in [0.1, 0.15) is 13.8 Å². The van der Waals surface area contributed by atoms with E-state index in [1.807, 2.05) is 30.9 Å². The molecule has 1 fully saturated rings. The quantitative estimate of drug-likeness (QED) is 0.784. The molecule has 1 aromatic heterocycles. The molecule has 0 N–H and O–H groups in total. The van der Waals surface area contributed by atoms with Crippen LogP contribution in [0.5, 0.6) is 0 Å². The van der Waals surface area contributed by atoms with Gasteiger partial charge in [0.25, 0.3) is 0 Å². The van der Waals surface area contributed by atoms with E-state index in [0.29, 0.717) is 0 Å². The lowest BCUT2D eigenvalue weighted by molar-refractivity contribution is -0.126. The van der Waals surface area contributed by atoms with E-state index in [1.165, 1.54) is 0 Å². The fraction of sp³-hybridized carbons (Fsp3) is 0.429. The normalized spacial score (nSPS) is 15.3. The summed E-state index contributed by atoms with van der Waals surface area (Å²) in [5.74, 6) is 1.08. The minimum absolute atomic E-state index is 0.114. The Balaban J connectivity index is 1.94. The second-order valence-corrected chi connectivity index (χ2v) is 5.78. The third kappa shape index (κ3) is 3.80. The van der Waals surface area contributed by atoms with Gasteiger partial charge in [0.15, 0.2) is 0 Å². The Bertz CT molecular complexity index is 472. The van der Waals surface area contributed by atoms with Crippen molar-refractivity contribution in [3.05, 3.63) is 34.5 Å². The van der Waals surface area contributed by atoms with Crippen molar-refractivity contribution in [1.82, 2.24) is 9.88 Å². The number of piperazine rings is 1. The molecule has 1 aliphatic rings. The van der Waals surface area contributed by atoms with Crippen LogP contribution >= 0.6 is 15.9 Å². The average Bonchev–Trinajstić information content (AvgIpc) is 2.39. The molecule has 1 amide bonds. The first kappa shape index (κ1) is 14.1. The summed E-state index contributed by atoms with van der Waals surface area (Å²) < 4.78 is 0.980. The van der Waals surface area contributed by atoms with E-state index in [2.05, 4.69) is 25.8 Å². The molecule has 1 aliphatic heterocycles. The van der Waals surface area contributed by atoms with Gasteiger partial charge in [0.2, 0.25) is 5.91 Å². The Hall–Kier alpha value is -1.36. The molecule has 2 rings (SSSR count). The molecular formula is C14H18BrN3O. The maximum Gasteiger partial charge on any atom is 0.246 e. The molecule has 0 saturated carbocycles. The van der Waals surface area contributed by atoms with Crippen molar-refractivity contribution in [1.29, 1.82) is 0 Å². The van der Waals surface area contributed by atoms with Gasteiger partial charge in [0.1, 0.15) is 5.82 Å². The van der Waals surface area contributed by atoms with Crippen LogP contribution in [0.25, 0.3) is 0 Å². The van der Waals surface area contributed by atoms with Crippen LogP contribution in [0.4, 0.5) is 5.82 Å². The summed E-state index contributed by atoms with van der Waals surface area (Å²) >= 11 is 3.38. The molecule has 0 aromatic carbocycles. The zero-order chi connectivity index (χ0) is 13.8. The highest BCUT2D eigenvalue weighted by atomic mass is 79.9. The summed E-state index contributed by atoms with van der Waals surface area (Å²) in [4.78, 5) is 20.4. The first-order chi connectivity index (χ1) is 9.06. The molecule has 0 unspecified atom stereocenters. The first-order valence-electron chi connectivity index (χ1n) is 6.36. The third-order valence-electron chi connectivity index (χ3n) is 3.04. The summed E-state index contributed by atoms with van der Waals surface area (Å²) in [5.41, 5.74) is 1.04. The topological polar surface area (TPSA) is 36.4 Å². The van der Waals surface area contributed by atoms with Crippen LogP contribution < -0.4 is 4.90 Å². The van der Waals surface area contributed by atoms with Crippen LogP contribution in [0.2, 0.25) is 0 Å². The molecule has 102 valence electrons. The molecule has 0 aliphatic carbocycles. The molecule has 1 aromatic rings. The Labute approximate surface area is 122 Å². The van der Waals surface area contributed by atoms with Gasteiger partial charge in [-0.05, 0) is 41.9 Å². The zero-order valence-corrected chi connectivity index (χ0v) is 12.9. The molecule has 4 nitrogen and oxygen atoms in total. The highest BCUT2D eigenvalue weighted by molar-refractivity contribution is 9.10. The lowest BCUT2D eigenvalue weighted by Crippen LogP contribution is -2.48. The number of carbonyl (C=O) groups excluding carboxylic acids is 1. The van der Waals surface area contributed by atoms with E-state index in [-0.39, 0.29) is 5.91 Å². The van der Waals surface area contributed by atoms with Crippen molar-refractivity contribution in [3.8, 4) is 0 Å². The molecule has 0 spiro atoms. The number of nitrogens with zero attached hydrogens (tertiary/aromatic N) is 3. The molecule has 0 atom stereocenters. The second kappa shape index (κ2) is 6.19. The smallest absolute Gasteiger partial charge is 0.246 e. The number of hydrogen-bond donors (Lipinski definition) is 0. The standard InChI is InChI=1S/C14H18BrN3O/c1-11(2)9-14(19)18-7-5-17(6-8-18)13-4-3-12(15)10-16-13/h3-4,9-10H,5-8H2,1-2H3. The summed E-state index contributed by atoms with van der Waals surface area (Å²) in [7, 11) is 0. The Morgan fingerprint density at radius 3 is 2.47 bits per heavy atom. The molecule has 0 radical (unpaired) electrons. The number of anilines is 1. The van der Waals surface area contributed by atoms with Gasteiger partial charge in [-0.1, -0.05) is 5.57 Å². The number of allylic oxidation sites excluding steroid dienone is 1. The Kier molecular flexibility index (Phi) is 4.58. The molecule has 2 heterocycles. The molecule has 19 heavy (non-hydrogen) atoms. The van der Waals surface area contributed by atoms with Crippen LogP contribution in [-0.2, 0) is 4.79 Å². The number of carbonyl (C=O) groups is 1. The van der Waals surface area contributed by atoms with Gasteiger partial charge >= 0.3 is 0 Å². The van der Waals surface area contributed by atoms with Gasteiger partial charge in [0, 0.05) is 42.9 Å². The van der Waals surface area contributed by atoms with Crippen molar-refractivity contribution in [3.63, 3.8) is 0 Å². The van der Waals surface area contributed by atoms with Gasteiger partial charge in [-0.25, -0.2) is 4.98 Å². The Morgan fingerprint density at radius 1 is 1.26 bits per heavy atom. The minimum Gasteiger partial charge on any atom is -0.353 e. The number of pyridine rings is 1. The summed E-state index contributed by atoms with van der Waals surface area (Å²) in [5, 5.41) is 0. The average molecular weight is 324 g/mol. The SMILES string of the molecule is CC(C)=CC(=O)N1CCN(c2ccc(Br)cn2)CC1. The predicted octanol–water partition coefficient (Wildman–Crippen LogP) is 2.46. The summed E-state index contributed by atoms with van der Waals surface area (Å²) in [6.07, 6.45) is 3.50. The lowest BCUT2D eigenvalue weighted by atomic mass is 10.2. The number of amides is 1. The maximum atomic E-state index is 11.9. The van der Waals surface area contributed by atoms with E-state index in [0.717, 1.165) is 42.0 Å². The van der Waals surface area contributed by atoms with Crippen molar-refractivity contribution in [2.24, 2.45) is 0 Å². The number of aromatic nitrogens is 1. The monoisotopic (exact) mass is 323 g/mol. The van der Waals surface area contributed by atoms with Gasteiger partial charge in [-0.15, -0.1) is 0 Å². The zero-order valence-electron chi connectivity index (χ0n) is 11.3. The fourth-order valence-electron chi connectivity index (χ4n) is 2.05. The van der Waals surface area contributed by atoms with Crippen LogP contribution in [0, 0.1) is 0 Å². The van der Waals surface area contributed by atoms with Crippen molar-refractivity contribution in [2.45, 2.75) is 13.8 Å². The van der Waals surface area contributed by atoms with Gasteiger partial charge in [-0.3, -0.25) is 4.79 Å². The predicted molar refractivity (Wildman–Crippen MR) is 80.2 cm³/mol. The van der Waals surface area contributed by atoms with Gasteiger partial charge in [-0.2, -0.15) is 0 Å². The lowest BCUT2D eigenvalue weighted by Gasteiger charge is -2.35. The number of rotatable bonds is 2. The van der Waals surface area contributed by atoms with Crippen molar-refractivity contribution >= 4 is 27.7 Å². The van der Waals surface area contributed by atoms with Gasteiger partial charge < -0.3 is 9.80 Å². The van der Waals surface area contributed by atoms with Crippen LogP contribution in [0.15, 0.2) is 34.5 Å². The van der Waals surface area contributed by atoms with E-state index in [4.69, 9.17) is 0 Å². The molecule has 5 heteroatoms. The third-order valence-corrected chi connectivity index (χ3v) is 3.51. The van der Waals surface area contributed by atoms with E-state index in [1.54, 1.807) is 12.3 Å². The fourth-order valence-corrected chi connectivity index (χ4v) is 2.28. The van der Waals surface area contributed by atoms with E-state index >= 15 is 0 Å². The van der Waals surface area contributed by atoms with Gasteiger partial charge in [0.05, 0.1) is 0 Å². The molecule has 1 saturated heterocycles. The van der Waals surface area contributed by atoms with E-state index in [9.17, 15) is 4.79 Å². The summed E-state index contributed by atoms with van der Waals surface area (Å²) in [6, 6.07) is 3.99. The Morgan fingerprint density at radius 2 is 1.95 bits per heavy atom. The van der Waals surface area contributed by atoms with E-state index < -0.39 is 0 Å².